The van der Waals surface area contributed by atoms with E-state index < -0.39 is 50.2 Å². The Kier molecular flexibility index (Phi) is 3.92. The number of primary amides is 1. The fourth-order valence-corrected chi connectivity index (χ4v) is 2.44. The third-order valence-corrected chi connectivity index (χ3v) is 3.96. The Bertz CT molecular complexity index is 901. The molecule has 0 unspecified atom stereocenters. The van der Waals surface area contributed by atoms with Gasteiger partial charge in [0, 0.05) is 17.8 Å². The Morgan fingerprint density at radius 1 is 1.12 bits per heavy atom. The number of nitrogens with zero attached hydrogens (tertiary/aromatic N) is 3. The van der Waals surface area contributed by atoms with Crippen LogP contribution in [0.5, 0.6) is 0 Å². The second kappa shape index (κ2) is 5.18. The Labute approximate surface area is 139 Å². The number of halogens is 8. The van der Waals surface area contributed by atoms with Crippen molar-refractivity contribution in [3.05, 3.63) is 36.2 Å². The number of aromatic nitrogens is 3. The molecule has 0 radical (unpaired) electrons. The second-order valence-electron chi connectivity index (χ2n) is 4.98. The summed E-state index contributed by atoms with van der Waals surface area (Å²) in [5.41, 5.74) is 1.93. The summed E-state index contributed by atoms with van der Waals surface area (Å²) in [5, 5.41) is 3.49. The van der Waals surface area contributed by atoms with Gasteiger partial charge in [-0.3, -0.25) is 4.79 Å². The standard InChI is InChI=1S/C12H8F8N4OS/c13-12(14,15)8-3-7(4-9(5-8)26(16,17,18,19)20)11-22-6-24(23-11)2-1-10(21)25/h1-6H,(H2,21,25)/b2-1-. The molecule has 1 heterocycles. The zero-order valence-electron chi connectivity index (χ0n) is 12.2. The number of benzene rings is 1. The smallest absolute Gasteiger partial charge is 0.366 e. The van der Waals surface area contributed by atoms with Crippen LogP contribution >= 0.6 is 10.2 Å². The van der Waals surface area contributed by atoms with Crippen molar-refractivity contribution in [1.29, 1.82) is 0 Å². The molecule has 1 aromatic carbocycles. The van der Waals surface area contributed by atoms with Gasteiger partial charge < -0.3 is 5.73 Å². The Hall–Kier alpha value is -2.64. The van der Waals surface area contributed by atoms with Gasteiger partial charge in [-0.15, -0.1) is 5.10 Å². The minimum Gasteiger partial charge on any atom is -0.366 e. The lowest BCUT2D eigenvalue weighted by Crippen LogP contribution is -2.11. The molecule has 5 nitrogen and oxygen atoms in total. The van der Waals surface area contributed by atoms with Crippen LogP contribution in [-0.2, 0) is 11.0 Å². The molecule has 2 N–H and O–H groups in total. The molecule has 26 heavy (non-hydrogen) atoms. The number of alkyl halides is 3. The van der Waals surface area contributed by atoms with Crippen LogP contribution in [0.1, 0.15) is 5.56 Å². The van der Waals surface area contributed by atoms with Gasteiger partial charge in [-0.2, -0.15) is 13.2 Å². The molecule has 0 atom stereocenters. The lowest BCUT2D eigenvalue weighted by Gasteiger charge is -2.40. The molecule has 2 aromatic rings. The van der Waals surface area contributed by atoms with Crippen LogP contribution in [0, 0.1) is 0 Å². The monoisotopic (exact) mass is 408 g/mol. The number of carbonyl (C=O) groups is 1. The average Bonchev–Trinajstić information content (AvgIpc) is 2.90. The van der Waals surface area contributed by atoms with E-state index in [9.17, 15) is 37.4 Å². The lowest BCUT2D eigenvalue weighted by atomic mass is 10.1. The highest BCUT2D eigenvalue weighted by molar-refractivity contribution is 8.45. The molecule has 0 aliphatic carbocycles. The van der Waals surface area contributed by atoms with E-state index in [4.69, 9.17) is 5.73 Å². The zero-order valence-corrected chi connectivity index (χ0v) is 13.0. The lowest BCUT2D eigenvalue weighted by molar-refractivity contribution is -0.137. The number of nitrogens with two attached hydrogens (primary N) is 1. The van der Waals surface area contributed by atoms with Crippen LogP contribution in [0.15, 0.2) is 35.5 Å². The maximum absolute atomic E-state index is 13.0. The summed E-state index contributed by atoms with van der Waals surface area (Å²) in [6.45, 7) is 0. The predicted molar refractivity (Wildman–Crippen MR) is 76.4 cm³/mol. The molecular weight excluding hydrogens is 400 g/mol. The van der Waals surface area contributed by atoms with E-state index >= 15 is 0 Å². The molecule has 144 valence electrons. The summed E-state index contributed by atoms with van der Waals surface area (Å²) in [6, 6.07) is -0.645. The Morgan fingerprint density at radius 2 is 1.73 bits per heavy atom. The summed E-state index contributed by atoms with van der Waals surface area (Å²) in [4.78, 5) is 11.3. The van der Waals surface area contributed by atoms with Crippen molar-refractivity contribution in [2.75, 3.05) is 0 Å². The van der Waals surface area contributed by atoms with Crippen LogP contribution in [0.3, 0.4) is 0 Å². The number of hydrogen-bond acceptors (Lipinski definition) is 3. The van der Waals surface area contributed by atoms with Gasteiger partial charge in [-0.25, -0.2) is 9.67 Å². The van der Waals surface area contributed by atoms with Gasteiger partial charge in [-0.05, 0) is 18.2 Å². The molecule has 2 rings (SSSR count). The van der Waals surface area contributed by atoms with Crippen LogP contribution in [0.4, 0.5) is 32.6 Å². The average molecular weight is 408 g/mol. The van der Waals surface area contributed by atoms with Crippen molar-refractivity contribution in [1.82, 2.24) is 14.8 Å². The molecule has 0 aliphatic rings. The maximum Gasteiger partial charge on any atom is 0.416 e. The van der Waals surface area contributed by atoms with E-state index in [2.05, 4.69) is 10.1 Å². The van der Waals surface area contributed by atoms with E-state index in [0.717, 1.165) is 23.3 Å². The fraction of sp³-hybridized carbons (Fsp3) is 0.0833. The first-order valence-electron chi connectivity index (χ1n) is 6.31. The molecule has 1 amide bonds. The van der Waals surface area contributed by atoms with E-state index in [1.165, 1.54) is 0 Å². The van der Waals surface area contributed by atoms with Gasteiger partial charge in [0.15, 0.2) is 5.82 Å². The van der Waals surface area contributed by atoms with Crippen LogP contribution in [0.2, 0.25) is 0 Å². The van der Waals surface area contributed by atoms with Gasteiger partial charge in [-0.1, -0.05) is 19.4 Å². The highest BCUT2D eigenvalue weighted by Crippen LogP contribution is 3.02. The van der Waals surface area contributed by atoms with Crippen molar-refractivity contribution in [3.63, 3.8) is 0 Å². The normalized spacial score (nSPS) is 15.7. The van der Waals surface area contributed by atoms with E-state index in [1.807, 2.05) is 0 Å². The summed E-state index contributed by atoms with van der Waals surface area (Å²) in [6.07, 6.45) is -2.79. The van der Waals surface area contributed by atoms with E-state index in [0.29, 0.717) is 0 Å². The Balaban J connectivity index is 2.65. The quantitative estimate of drug-likeness (QED) is 0.595. The first-order valence-corrected chi connectivity index (χ1v) is 8.26. The summed E-state index contributed by atoms with van der Waals surface area (Å²) in [5.74, 6) is -1.61. The summed E-state index contributed by atoms with van der Waals surface area (Å²) >= 11 is 0. The Morgan fingerprint density at radius 3 is 2.23 bits per heavy atom. The van der Waals surface area contributed by atoms with E-state index in [-0.39, 0.29) is 12.1 Å². The van der Waals surface area contributed by atoms with Crippen molar-refractivity contribution >= 4 is 22.3 Å². The topological polar surface area (TPSA) is 73.8 Å². The molecule has 0 spiro atoms. The molecule has 0 aliphatic heterocycles. The molecule has 0 bridgehead atoms. The van der Waals surface area contributed by atoms with Crippen LogP contribution < -0.4 is 5.73 Å². The zero-order chi connectivity index (χ0) is 20.0. The summed E-state index contributed by atoms with van der Waals surface area (Å²) < 4.78 is 104. The minimum absolute atomic E-state index is 0.172. The number of amides is 1. The van der Waals surface area contributed by atoms with Gasteiger partial charge in [0.25, 0.3) is 0 Å². The number of carbonyl (C=O) groups excluding carboxylic acids is 1. The molecule has 1 aromatic heterocycles. The van der Waals surface area contributed by atoms with Crippen LogP contribution in [-0.4, -0.2) is 20.7 Å². The predicted octanol–water partition coefficient (Wildman–Crippen LogP) is 4.58. The van der Waals surface area contributed by atoms with Crippen molar-refractivity contribution in [2.24, 2.45) is 5.73 Å². The van der Waals surface area contributed by atoms with Crippen molar-refractivity contribution < 1.29 is 37.4 Å². The third-order valence-electron chi connectivity index (χ3n) is 2.84. The van der Waals surface area contributed by atoms with Crippen molar-refractivity contribution in [3.8, 4) is 11.4 Å². The van der Waals surface area contributed by atoms with Gasteiger partial charge in [0.2, 0.25) is 5.91 Å². The molecule has 0 saturated carbocycles. The van der Waals surface area contributed by atoms with Crippen LogP contribution in [0.25, 0.3) is 17.6 Å². The first kappa shape index (κ1) is 19.7. The van der Waals surface area contributed by atoms with Crippen molar-refractivity contribution in [2.45, 2.75) is 11.1 Å². The highest BCUT2D eigenvalue weighted by atomic mass is 32.5. The fourth-order valence-electron chi connectivity index (χ4n) is 1.74. The van der Waals surface area contributed by atoms with Gasteiger partial charge in [0.1, 0.15) is 11.2 Å². The molecular formula is C12H8F8N4OS. The SMILES string of the molecule is NC(=O)/C=C\n1cnc(-c2cc(C(F)(F)F)cc(S(F)(F)(F)(F)F)c2)n1. The molecule has 14 heteroatoms. The van der Waals surface area contributed by atoms with E-state index in [1.54, 1.807) is 0 Å². The minimum atomic E-state index is -10.4. The third kappa shape index (κ3) is 4.71. The molecule has 0 fully saturated rings. The first-order chi connectivity index (χ1) is 11.5. The largest absolute Gasteiger partial charge is 0.416 e. The van der Waals surface area contributed by atoms with Gasteiger partial charge in [0.05, 0.1) is 5.56 Å². The highest BCUT2D eigenvalue weighted by Gasteiger charge is 2.66. The molecule has 0 saturated heterocycles. The second-order valence-corrected chi connectivity index (χ2v) is 7.39. The number of hydrogen-bond donors (Lipinski definition) is 1. The summed E-state index contributed by atoms with van der Waals surface area (Å²) in [7, 11) is -10.4. The number of rotatable bonds is 4. The maximum atomic E-state index is 13.0. The van der Waals surface area contributed by atoms with Gasteiger partial charge >= 0.3 is 16.4 Å².